The Hall–Kier alpha value is -1.32. The third-order valence-corrected chi connectivity index (χ3v) is 1.68. The van der Waals surface area contributed by atoms with Crippen LogP contribution < -0.4 is 0 Å². The van der Waals surface area contributed by atoms with E-state index < -0.39 is 0 Å². The van der Waals surface area contributed by atoms with E-state index in [9.17, 15) is 4.79 Å². The molecule has 0 aliphatic rings. The van der Waals surface area contributed by atoms with Gasteiger partial charge in [0.05, 0.1) is 12.8 Å². The topological polar surface area (TPSA) is 44.1 Å². The summed E-state index contributed by atoms with van der Waals surface area (Å²) < 4.78 is 6.53. The summed E-state index contributed by atoms with van der Waals surface area (Å²) in [5.74, 6) is -0.147. The Labute approximate surface area is 77.5 Å². The fraction of sp³-hybridized carbons (Fsp3) is 0.556. The number of ether oxygens (including phenoxy) is 1. The van der Waals surface area contributed by atoms with Crippen molar-refractivity contribution in [3.05, 3.63) is 18.0 Å². The molecule has 0 aliphatic heterocycles. The van der Waals surface area contributed by atoms with Crippen LogP contribution in [0.3, 0.4) is 0 Å². The average molecular weight is 182 g/mol. The van der Waals surface area contributed by atoms with Gasteiger partial charge in [0, 0.05) is 19.7 Å². The molecular weight excluding hydrogens is 168 g/mol. The van der Waals surface area contributed by atoms with Crippen molar-refractivity contribution in [3.63, 3.8) is 0 Å². The number of hydrogen-bond donors (Lipinski definition) is 0. The van der Waals surface area contributed by atoms with Crippen LogP contribution in [0.5, 0.6) is 0 Å². The summed E-state index contributed by atoms with van der Waals surface area (Å²) >= 11 is 0. The normalized spacial score (nSPS) is 10.0. The fourth-order valence-electron chi connectivity index (χ4n) is 1.08. The van der Waals surface area contributed by atoms with E-state index in [1.807, 2.05) is 20.2 Å². The van der Waals surface area contributed by atoms with Gasteiger partial charge in [-0.25, -0.2) is 0 Å². The van der Waals surface area contributed by atoms with Gasteiger partial charge in [-0.05, 0) is 18.9 Å². The molecule has 4 heteroatoms. The van der Waals surface area contributed by atoms with Gasteiger partial charge in [0.15, 0.2) is 0 Å². The lowest BCUT2D eigenvalue weighted by molar-refractivity contribution is -0.143. The molecule has 1 heterocycles. The van der Waals surface area contributed by atoms with E-state index >= 15 is 0 Å². The minimum Gasteiger partial charge on any atom is -0.466 e. The lowest BCUT2D eigenvalue weighted by Gasteiger charge is -1.98. The second kappa shape index (κ2) is 4.64. The molecule has 0 spiro atoms. The Bertz CT molecular complexity index is 281. The van der Waals surface area contributed by atoms with Crippen LogP contribution in [0, 0.1) is 0 Å². The molecule has 0 amide bonds. The highest BCUT2D eigenvalue weighted by Gasteiger charge is 2.03. The number of nitrogens with zero attached hydrogens (tertiary/aromatic N) is 2. The maximum absolute atomic E-state index is 11.0. The standard InChI is InChI=1S/C9H14N2O2/c1-3-13-9(12)5-4-8-6-10-11(2)7-8/h6-7H,3-5H2,1-2H3. The van der Waals surface area contributed by atoms with Gasteiger partial charge in [-0.1, -0.05) is 0 Å². The molecule has 0 radical (unpaired) electrons. The van der Waals surface area contributed by atoms with Crippen molar-refractivity contribution in [2.45, 2.75) is 19.8 Å². The van der Waals surface area contributed by atoms with Gasteiger partial charge in [0.2, 0.25) is 0 Å². The molecule has 0 atom stereocenters. The largest absolute Gasteiger partial charge is 0.466 e. The molecule has 1 aromatic rings. The molecule has 0 bridgehead atoms. The molecule has 0 saturated heterocycles. The zero-order chi connectivity index (χ0) is 9.68. The Morgan fingerprint density at radius 3 is 3.00 bits per heavy atom. The molecule has 0 saturated carbocycles. The lowest BCUT2D eigenvalue weighted by atomic mass is 10.2. The number of aryl methyl sites for hydroxylation is 2. The third kappa shape index (κ3) is 3.27. The number of carbonyl (C=O) groups is 1. The van der Waals surface area contributed by atoms with E-state index in [1.165, 1.54) is 0 Å². The summed E-state index contributed by atoms with van der Waals surface area (Å²) in [6.07, 6.45) is 4.80. The highest BCUT2D eigenvalue weighted by atomic mass is 16.5. The summed E-state index contributed by atoms with van der Waals surface area (Å²) in [6, 6.07) is 0. The van der Waals surface area contributed by atoms with Gasteiger partial charge in [-0.2, -0.15) is 5.10 Å². The summed E-state index contributed by atoms with van der Waals surface area (Å²) in [4.78, 5) is 11.0. The van der Waals surface area contributed by atoms with Crippen LogP contribution in [0.1, 0.15) is 18.9 Å². The Balaban J connectivity index is 2.30. The Kier molecular flexibility index (Phi) is 3.49. The van der Waals surface area contributed by atoms with E-state index in [0.29, 0.717) is 19.4 Å². The molecule has 0 N–H and O–H groups in total. The minimum atomic E-state index is -0.147. The second-order valence-corrected chi connectivity index (χ2v) is 2.83. The number of carbonyl (C=O) groups excluding carboxylic acids is 1. The van der Waals surface area contributed by atoms with E-state index in [0.717, 1.165) is 5.56 Å². The molecule has 0 aliphatic carbocycles. The van der Waals surface area contributed by atoms with Gasteiger partial charge < -0.3 is 4.74 Å². The molecule has 0 unspecified atom stereocenters. The van der Waals surface area contributed by atoms with E-state index in [2.05, 4.69) is 5.10 Å². The maximum Gasteiger partial charge on any atom is 0.306 e. The zero-order valence-electron chi connectivity index (χ0n) is 7.99. The van der Waals surface area contributed by atoms with E-state index in [-0.39, 0.29) is 5.97 Å². The average Bonchev–Trinajstić information content (AvgIpc) is 2.49. The van der Waals surface area contributed by atoms with Crippen molar-refractivity contribution >= 4 is 5.97 Å². The molecule has 1 rings (SSSR count). The fourth-order valence-corrected chi connectivity index (χ4v) is 1.08. The zero-order valence-corrected chi connectivity index (χ0v) is 7.99. The van der Waals surface area contributed by atoms with Crippen LogP contribution in [-0.4, -0.2) is 22.4 Å². The van der Waals surface area contributed by atoms with Crippen LogP contribution >= 0.6 is 0 Å². The number of rotatable bonds is 4. The van der Waals surface area contributed by atoms with Gasteiger partial charge in [0.1, 0.15) is 0 Å². The van der Waals surface area contributed by atoms with Crippen LogP contribution in [0.25, 0.3) is 0 Å². The Morgan fingerprint density at radius 1 is 1.69 bits per heavy atom. The maximum atomic E-state index is 11.0. The number of esters is 1. The smallest absolute Gasteiger partial charge is 0.306 e. The van der Waals surface area contributed by atoms with Gasteiger partial charge >= 0.3 is 5.97 Å². The quantitative estimate of drug-likeness (QED) is 0.650. The van der Waals surface area contributed by atoms with Gasteiger partial charge in [-0.3, -0.25) is 9.48 Å². The van der Waals surface area contributed by atoms with Crippen molar-refractivity contribution in [3.8, 4) is 0 Å². The molecule has 1 aromatic heterocycles. The van der Waals surface area contributed by atoms with Crippen LogP contribution in [-0.2, 0) is 23.0 Å². The van der Waals surface area contributed by atoms with Crippen molar-refractivity contribution < 1.29 is 9.53 Å². The molecule has 0 fully saturated rings. The number of hydrogen-bond acceptors (Lipinski definition) is 3. The number of aromatic nitrogens is 2. The molecule has 4 nitrogen and oxygen atoms in total. The third-order valence-electron chi connectivity index (χ3n) is 1.68. The molecular formula is C9H14N2O2. The first kappa shape index (κ1) is 9.77. The second-order valence-electron chi connectivity index (χ2n) is 2.83. The van der Waals surface area contributed by atoms with E-state index in [1.54, 1.807) is 10.9 Å². The van der Waals surface area contributed by atoms with E-state index in [4.69, 9.17) is 4.74 Å². The molecule has 13 heavy (non-hydrogen) atoms. The lowest BCUT2D eigenvalue weighted by Crippen LogP contribution is -2.04. The first-order valence-electron chi connectivity index (χ1n) is 4.35. The van der Waals surface area contributed by atoms with Crippen LogP contribution in [0.15, 0.2) is 12.4 Å². The molecule has 0 aromatic carbocycles. The van der Waals surface area contributed by atoms with Crippen LogP contribution in [0.2, 0.25) is 0 Å². The summed E-state index contributed by atoms with van der Waals surface area (Å²) in [5, 5.41) is 4.01. The van der Waals surface area contributed by atoms with Crippen molar-refractivity contribution in [1.82, 2.24) is 9.78 Å². The van der Waals surface area contributed by atoms with Gasteiger partial charge in [0.25, 0.3) is 0 Å². The minimum absolute atomic E-state index is 0.147. The van der Waals surface area contributed by atoms with Gasteiger partial charge in [-0.15, -0.1) is 0 Å². The van der Waals surface area contributed by atoms with Crippen molar-refractivity contribution in [2.75, 3.05) is 6.61 Å². The van der Waals surface area contributed by atoms with Crippen molar-refractivity contribution in [2.24, 2.45) is 7.05 Å². The highest BCUT2D eigenvalue weighted by molar-refractivity contribution is 5.69. The van der Waals surface area contributed by atoms with Crippen LogP contribution in [0.4, 0.5) is 0 Å². The monoisotopic (exact) mass is 182 g/mol. The molecule has 72 valence electrons. The summed E-state index contributed by atoms with van der Waals surface area (Å²) in [7, 11) is 1.86. The Morgan fingerprint density at radius 2 is 2.46 bits per heavy atom. The predicted molar refractivity (Wildman–Crippen MR) is 48.2 cm³/mol. The first-order valence-corrected chi connectivity index (χ1v) is 4.35. The highest BCUT2D eigenvalue weighted by Crippen LogP contribution is 2.01. The SMILES string of the molecule is CCOC(=O)CCc1cnn(C)c1. The van der Waals surface area contributed by atoms with Crippen molar-refractivity contribution in [1.29, 1.82) is 0 Å². The predicted octanol–water partition coefficient (Wildman–Crippen LogP) is 0.916. The summed E-state index contributed by atoms with van der Waals surface area (Å²) in [5.41, 5.74) is 1.07. The summed E-state index contributed by atoms with van der Waals surface area (Å²) in [6.45, 7) is 2.26. The first-order chi connectivity index (χ1) is 6.22.